The molecular weight excluding hydrogens is 242 g/mol. The van der Waals surface area contributed by atoms with Gasteiger partial charge in [-0.3, -0.25) is 4.79 Å². The number of rotatable bonds is 2. The summed E-state index contributed by atoms with van der Waals surface area (Å²) in [5.74, 6) is -0.719. The molecule has 1 aromatic rings. The van der Waals surface area contributed by atoms with Crippen LogP contribution in [0.4, 0.5) is 0 Å². The Labute approximate surface area is 103 Å². The van der Waals surface area contributed by atoms with E-state index in [4.69, 9.17) is 0 Å². The SMILES string of the molecule is COC(=O)C1CC(O)CN1C(=O)c1ccsc1. The number of esters is 1. The van der Waals surface area contributed by atoms with Crippen LogP contribution < -0.4 is 0 Å². The number of likely N-dealkylation sites (tertiary alicyclic amines) is 1. The third-order valence-corrected chi connectivity index (χ3v) is 3.46. The molecule has 1 fully saturated rings. The predicted octanol–water partition coefficient (Wildman–Crippen LogP) is 0.496. The second-order valence-corrected chi connectivity index (χ2v) is 4.68. The number of carbonyl (C=O) groups excluding carboxylic acids is 2. The van der Waals surface area contributed by atoms with Crippen molar-refractivity contribution >= 4 is 23.2 Å². The van der Waals surface area contributed by atoms with E-state index in [1.54, 1.807) is 16.8 Å². The molecule has 17 heavy (non-hydrogen) atoms. The monoisotopic (exact) mass is 255 g/mol. The van der Waals surface area contributed by atoms with Gasteiger partial charge in [-0.15, -0.1) is 0 Å². The Morgan fingerprint density at radius 3 is 2.94 bits per heavy atom. The first-order valence-electron chi connectivity index (χ1n) is 5.22. The maximum atomic E-state index is 12.1. The fourth-order valence-electron chi connectivity index (χ4n) is 1.95. The summed E-state index contributed by atoms with van der Waals surface area (Å²) in [7, 11) is 1.28. The average Bonchev–Trinajstić information content (AvgIpc) is 2.95. The van der Waals surface area contributed by atoms with Crippen LogP contribution in [0, 0.1) is 0 Å². The Morgan fingerprint density at radius 2 is 2.35 bits per heavy atom. The minimum Gasteiger partial charge on any atom is -0.467 e. The molecule has 2 rings (SSSR count). The Hall–Kier alpha value is -1.40. The van der Waals surface area contributed by atoms with Gasteiger partial charge in [0.1, 0.15) is 6.04 Å². The minimum absolute atomic E-state index is 0.175. The zero-order valence-electron chi connectivity index (χ0n) is 9.33. The lowest BCUT2D eigenvalue weighted by Gasteiger charge is -2.21. The van der Waals surface area contributed by atoms with Gasteiger partial charge in [-0.05, 0) is 11.4 Å². The highest BCUT2D eigenvalue weighted by atomic mass is 32.1. The molecule has 0 aromatic carbocycles. The molecule has 2 unspecified atom stereocenters. The molecule has 0 bridgehead atoms. The highest BCUT2D eigenvalue weighted by molar-refractivity contribution is 7.08. The largest absolute Gasteiger partial charge is 0.467 e. The molecule has 2 heterocycles. The topological polar surface area (TPSA) is 66.8 Å². The van der Waals surface area contributed by atoms with Crippen LogP contribution in [0.25, 0.3) is 0 Å². The number of nitrogens with zero attached hydrogens (tertiary/aromatic N) is 1. The van der Waals surface area contributed by atoms with E-state index in [2.05, 4.69) is 4.74 Å². The molecule has 0 spiro atoms. The summed E-state index contributed by atoms with van der Waals surface area (Å²) in [6, 6.07) is 1.02. The van der Waals surface area contributed by atoms with E-state index in [1.807, 2.05) is 0 Å². The molecule has 1 amide bonds. The third kappa shape index (κ3) is 2.32. The molecule has 1 aromatic heterocycles. The molecule has 1 aliphatic heterocycles. The van der Waals surface area contributed by atoms with E-state index in [-0.39, 0.29) is 18.9 Å². The molecule has 1 aliphatic rings. The van der Waals surface area contributed by atoms with Crippen molar-refractivity contribution < 1.29 is 19.4 Å². The number of amides is 1. The number of β-amino-alcohol motifs (C(OH)–C–C–N with tert-alkyl or cyclic N) is 1. The van der Waals surface area contributed by atoms with Crippen molar-refractivity contribution in [2.45, 2.75) is 18.6 Å². The fourth-order valence-corrected chi connectivity index (χ4v) is 2.58. The summed E-state index contributed by atoms with van der Waals surface area (Å²) < 4.78 is 4.64. The Balaban J connectivity index is 2.18. The van der Waals surface area contributed by atoms with Crippen molar-refractivity contribution in [3.8, 4) is 0 Å². The molecule has 0 aliphatic carbocycles. The first kappa shape index (κ1) is 12.1. The van der Waals surface area contributed by atoms with Gasteiger partial charge in [0.2, 0.25) is 0 Å². The number of carbonyl (C=O) groups is 2. The van der Waals surface area contributed by atoms with Gasteiger partial charge in [0.15, 0.2) is 0 Å². The van der Waals surface area contributed by atoms with Gasteiger partial charge in [-0.2, -0.15) is 11.3 Å². The van der Waals surface area contributed by atoms with Crippen LogP contribution in [0.3, 0.4) is 0 Å². The molecular formula is C11H13NO4S. The maximum absolute atomic E-state index is 12.1. The van der Waals surface area contributed by atoms with Gasteiger partial charge in [0.25, 0.3) is 5.91 Å². The van der Waals surface area contributed by atoms with Crippen LogP contribution in [0.15, 0.2) is 16.8 Å². The Kier molecular flexibility index (Phi) is 3.44. The standard InChI is InChI=1S/C11H13NO4S/c1-16-11(15)9-4-8(13)5-12(9)10(14)7-2-3-17-6-7/h2-3,6,8-9,13H,4-5H2,1H3. The van der Waals surface area contributed by atoms with Crippen molar-refractivity contribution in [2.24, 2.45) is 0 Å². The molecule has 5 nitrogen and oxygen atoms in total. The van der Waals surface area contributed by atoms with E-state index in [0.29, 0.717) is 5.56 Å². The Morgan fingerprint density at radius 1 is 1.59 bits per heavy atom. The highest BCUT2D eigenvalue weighted by Crippen LogP contribution is 2.22. The smallest absolute Gasteiger partial charge is 0.328 e. The summed E-state index contributed by atoms with van der Waals surface area (Å²) in [5, 5.41) is 13.1. The van der Waals surface area contributed by atoms with Gasteiger partial charge in [-0.25, -0.2) is 4.79 Å². The number of thiophene rings is 1. The van der Waals surface area contributed by atoms with Gasteiger partial charge in [0, 0.05) is 18.3 Å². The van der Waals surface area contributed by atoms with E-state index in [1.165, 1.54) is 23.3 Å². The van der Waals surface area contributed by atoms with Crippen molar-refractivity contribution in [1.82, 2.24) is 4.90 Å². The highest BCUT2D eigenvalue weighted by Gasteiger charge is 2.39. The quantitative estimate of drug-likeness (QED) is 0.781. The Bertz CT molecular complexity index is 417. The van der Waals surface area contributed by atoms with Crippen LogP contribution >= 0.6 is 11.3 Å². The zero-order valence-corrected chi connectivity index (χ0v) is 10.1. The summed E-state index contributed by atoms with van der Waals surface area (Å²) >= 11 is 1.42. The lowest BCUT2D eigenvalue weighted by molar-refractivity contribution is -0.145. The minimum atomic E-state index is -0.678. The molecule has 0 saturated carbocycles. The summed E-state index contributed by atoms with van der Waals surface area (Å²) in [6.07, 6.45) is -0.426. The number of aliphatic hydroxyl groups excluding tert-OH is 1. The molecule has 1 N–H and O–H groups in total. The van der Waals surface area contributed by atoms with Gasteiger partial charge in [-0.1, -0.05) is 0 Å². The molecule has 2 atom stereocenters. The van der Waals surface area contributed by atoms with Crippen molar-refractivity contribution in [3.63, 3.8) is 0 Å². The molecule has 1 saturated heterocycles. The van der Waals surface area contributed by atoms with Crippen LogP contribution in [-0.4, -0.2) is 47.7 Å². The average molecular weight is 255 g/mol. The first-order valence-corrected chi connectivity index (χ1v) is 6.17. The normalized spacial score (nSPS) is 23.8. The number of hydrogen-bond donors (Lipinski definition) is 1. The third-order valence-electron chi connectivity index (χ3n) is 2.78. The number of aliphatic hydroxyl groups is 1. The van der Waals surface area contributed by atoms with E-state index in [0.717, 1.165) is 0 Å². The van der Waals surface area contributed by atoms with Crippen LogP contribution in [0.2, 0.25) is 0 Å². The second kappa shape index (κ2) is 4.85. The molecule has 0 radical (unpaired) electrons. The first-order chi connectivity index (χ1) is 8.13. The zero-order chi connectivity index (χ0) is 12.4. The number of hydrogen-bond acceptors (Lipinski definition) is 5. The number of ether oxygens (including phenoxy) is 1. The van der Waals surface area contributed by atoms with E-state index < -0.39 is 18.1 Å². The molecule has 6 heteroatoms. The van der Waals surface area contributed by atoms with Crippen molar-refractivity contribution in [3.05, 3.63) is 22.4 Å². The van der Waals surface area contributed by atoms with Crippen LogP contribution in [0.5, 0.6) is 0 Å². The second-order valence-electron chi connectivity index (χ2n) is 3.90. The fraction of sp³-hybridized carbons (Fsp3) is 0.455. The summed E-state index contributed by atoms with van der Waals surface area (Å²) in [4.78, 5) is 25.0. The van der Waals surface area contributed by atoms with Crippen molar-refractivity contribution in [1.29, 1.82) is 0 Å². The van der Waals surface area contributed by atoms with Gasteiger partial charge >= 0.3 is 5.97 Å². The summed E-state index contributed by atoms with van der Waals surface area (Å²) in [5.41, 5.74) is 0.540. The molecule has 92 valence electrons. The lowest BCUT2D eigenvalue weighted by Crippen LogP contribution is -2.41. The lowest BCUT2D eigenvalue weighted by atomic mass is 10.2. The number of methoxy groups -OCH3 is 1. The predicted molar refractivity (Wildman–Crippen MR) is 61.8 cm³/mol. The van der Waals surface area contributed by atoms with E-state index in [9.17, 15) is 14.7 Å². The van der Waals surface area contributed by atoms with Gasteiger partial charge in [0.05, 0.1) is 18.8 Å². The van der Waals surface area contributed by atoms with Crippen LogP contribution in [0.1, 0.15) is 16.8 Å². The van der Waals surface area contributed by atoms with Crippen LogP contribution in [-0.2, 0) is 9.53 Å². The summed E-state index contributed by atoms with van der Waals surface area (Å²) in [6.45, 7) is 0.175. The van der Waals surface area contributed by atoms with Gasteiger partial charge < -0.3 is 14.7 Å². The van der Waals surface area contributed by atoms with E-state index >= 15 is 0 Å². The van der Waals surface area contributed by atoms with Crippen molar-refractivity contribution in [2.75, 3.05) is 13.7 Å². The maximum Gasteiger partial charge on any atom is 0.328 e.